The maximum Gasteiger partial charge on any atom is 0.265 e. The van der Waals surface area contributed by atoms with E-state index in [1.54, 1.807) is 30.3 Å². The van der Waals surface area contributed by atoms with E-state index in [1.165, 1.54) is 11.3 Å². The van der Waals surface area contributed by atoms with Crippen LogP contribution in [0.5, 0.6) is 0 Å². The summed E-state index contributed by atoms with van der Waals surface area (Å²) in [6, 6.07) is 10.0. The van der Waals surface area contributed by atoms with Crippen molar-refractivity contribution in [2.75, 3.05) is 10.6 Å². The third-order valence-electron chi connectivity index (χ3n) is 3.15. The van der Waals surface area contributed by atoms with E-state index in [2.05, 4.69) is 10.6 Å². The van der Waals surface area contributed by atoms with Crippen molar-refractivity contribution < 1.29 is 9.59 Å². The molecular formula is C16H20ClN3O2S. The molecule has 0 saturated carbocycles. The van der Waals surface area contributed by atoms with Gasteiger partial charge in [0.25, 0.3) is 5.91 Å². The number of hydrogen-bond acceptors (Lipinski definition) is 4. The SMILES string of the molecule is CC(C)C(N)C(=O)Nc1cccc(NC(=O)c2cccs2)c1.Cl. The quantitative estimate of drug-likeness (QED) is 0.770. The molecule has 2 aromatic rings. The summed E-state index contributed by atoms with van der Waals surface area (Å²) in [5.74, 6) is -0.351. The lowest BCUT2D eigenvalue weighted by molar-refractivity contribution is -0.118. The van der Waals surface area contributed by atoms with Gasteiger partial charge in [-0.3, -0.25) is 9.59 Å². The van der Waals surface area contributed by atoms with Crippen molar-refractivity contribution in [3.8, 4) is 0 Å². The molecule has 0 spiro atoms. The molecule has 0 fully saturated rings. The van der Waals surface area contributed by atoms with Crippen LogP contribution in [-0.4, -0.2) is 17.9 Å². The summed E-state index contributed by atoms with van der Waals surface area (Å²) >= 11 is 1.37. The van der Waals surface area contributed by atoms with Crippen LogP contribution in [0.15, 0.2) is 41.8 Å². The lowest BCUT2D eigenvalue weighted by Crippen LogP contribution is -2.39. The molecule has 0 bridgehead atoms. The molecule has 1 unspecified atom stereocenters. The maximum atomic E-state index is 12.0. The summed E-state index contributed by atoms with van der Waals surface area (Å²) in [7, 11) is 0. The highest BCUT2D eigenvalue weighted by molar-refractivity contribution is 7.12. The Balaban J connectivity index is 0.00000264. The van der Waals surface area contributed by atoms with Gasteiger partial charge in [0.05, 0.1) is 10.9 Å². The van der Waals surface area contributed by atoms with Crippen molar-refractivity contribution in [2.24, 2.45) is 11.7 Å². The van der Waals surface area contributed by atoms with Crippen LogP contribution in [0.4, 0.5) is 11.4 Å². The lowest BCUT2D eigenvalue weighted by Gasteiger charge is -2.15. The van der Waals surface area contributed by atoms with E-state index in [4.69, 9.17) is 5.73 Å². The largest absolute Gasteiger partial charge is 0.325 e. The van der Waals surface area contributed by atoms with Gasteiger partial charge in [-0.05, 0) is 35.6 Å². The molecule has 23 heavy (non-hydrogen) atoms. The van der Waals surface area contributed by atoms with Gasteiger partial charge in [0.2, 0.25) is 5.91 Å². The fourth-order valence-electron chi connectivity index (χ4n) is 1.80. The Morgan fingerprint density at radius 1 is 1.09 bits per heavy atom. The first kappa shape index (κ1) is 19.2. The molecule has 0 aliphatic rings. The van der Waals surface area contributed by atoms with Gasteiger partial charge >= 0.3 is 0 Å². The van der Waals surface area contributed by atoms with Crippen LogP contribution in [0, 0.1) is 5.92 Å². The van der Waals surface area contributed by atoms with Crippen LogP contribution in [0.1, 0.15) is 23.5 Å². The molecule has 4 N–H and O–H groups in total. The third-order valence-corrected chi connectivity index (χ3v) is 4.02. The van der Waals surface area contributed by atoms with E-state index in [0.29, 0.717) is 16.3 Å². The molecule has 2 rings (SSSR count). The van der Waals surface area contributed by atoms with E-state index >= 15 is 0 Å². The minimum absolute atomic E-state index is 0. The zero-order chi connectivity index (χ0) is 16.1. The van der Waals surface area contributed by atoms with E-state index in [0.717, 1.165) is 0 Å². The molecule has 0 saturated heterocycles. The molecule has 124 valence electrons. The highest BCUT2D eigenvalue weighted by Gasteiger charge is 2.17. The van der Waals surface area contributed by atoms with Gasteiger partial charge in [0, 0.05) is 11.4 Å². The fourth-order valence-corrected chi connectivity index (χ4v) is 2.42. The van der Waals surface area contributed by atoms with Gasteiger partial charge in [-0.25, -0.2) is 0 Å². The predicted octanol–water partition coefficient (Wildman–Crippen LogP) is 3.34. The highest BCUT2D eigenvalue weighted by Crippen LogP contribution is 2.18. The summed E-state index contributed by atoms with van der Waals surface area (Å²) in [6.07, 6.45) is 0. The standard InChI is InChI=1S/C16H19N3O2S.ClH/c1-10(2)14(17)16(21)19-12-6-3-5-11(9-12)18-15(20)13-7-4-8-22-13;/h3-10,14H,17H2,1-2H3,(H,18,20)(H,19,21);1H. The van der Waals surface area contributed by atoms with Crippen molar-refractivity contribution in [3.63, 3.8) is 0 Å². The van der Waals surface area contributed by atoms with Crippen LogP contribution in [0.2, 0.25) is 0 Å². The molecule has 0 aliphatic heterocycles. The fraction of sp³-hybridized carbons (Fsp3) is 0.250. The second-order valence-electron chi connectivity index (χ2n) is 5.27. The Bertz CT molecular complexity index is 659. The first-order valence-electron chi connectivity index (χ1n) is 6.98. The minimum atomic E-state index is -0.565. The summed E-state index contributed by atoms with van der Waals surface area (Å²) in [5, 5.41) is 7.40. The van der Waals surface area contributed by atoms with Gasteiger partial charge in [0.15, 0.2) is 0 Å². The van der Waals surface area contributed by atoms with E-state index in [1.807, 2.05) is 25.3 Å². The van der Waals surface area contributed by atoms with Gasteiger partial charge in [-0.1, -0.05) is 26.0 Å². The third kappa shape index (κ3) is 5.35. The summed E-state index contributed by atoms with van der Waals surface area (Å²) in [5.41, 5.74) is 7.03. The average Bonchev–Trinajstić information content (AvgIpc) is 3.01. The number of carbonyl (C=O) groups excluding carboxylic acids is 2. The minimum Gasteiger partial charge on any atom is -0.325 e. The van der Waals surface area contributed by atoms with E-state index < -0.39 is 6.04 Å². The first-order chi connectivity index (χ1) is 10.5. The summed E-state index contributed by atoms with van der Waals surface area (Å²) in [6.45, 7) is 3.78. The van der Waals surface area contributed by atoms with Crippen molar-refractivity contribution in [2.45, 2.75) is 19.9 Å². The number of nitrogens with one attached hydrogen (secondary N) is 2. The number of thiophene rings is 1. The van der Waals surface area contributed by atoms with Gasteiger partial charge < -0.3 is 16.4 Å². The molecule has 0 radical (unpaired) electrons. The van der Waals surface area contributed by atoms with Gasteiger partial charge in [-0.15, -0.1) is 23.7 Å². The van der Waals surface area contributed by atoms with Crippen molar-refractivity contribution in [1.29, 1.82) is 0 Å². The molecule has 1 heterocycles. The van der Waals surface area contributed by atoms with Crippen molar-refractivity contribution in [3.05, 3.63) is 46.7 Å². The number of halogens is 1. The molecule has 2 amide bonds. The Labute approximate surface area is 145 Å². The number of nitrogens with two attached hydrogens (primary N) is 1. The predicted molar refractivity (Wildman–Crippen MR) is 97.4 cm³/mol. The molecule has 0 aliphatic carbocycles. The number of anilines is 2. The Hall–Kier alpha value is -1.89. The van der Waals surface area contributed by atoms with Crippen LogP contribution in [0.3, 0.4) is 0 Å². The molecule has 1 aromatic carbocycles. The molecular weight excluding hydrogens is 334 g/mol. The molecule has 1 aromatic heterocycles. The number of benzene rings is 1. The Kier molecular flexibility index (Phi) is 7.22. The monoisotopic (exact) mass is 353 g/mol. The van der Waals surface area contributed by atoms with Gasteiger partial charge in [0.1, 0.15) is 0 Å². The topological polar surface area (TPSA) is 84.2 Å². The average molecular weight is 354 g/mol. The highest BCUT2D eigenvalue weighted by atomic mass is 35.5. The number of amides is 2. The van der Waals surface area contributed by atoms with Crippen LogP contribution in [0.25, 0.3) is 0 Å². The van der Waals surface area contributed by atoms with Crippen LogP contribution in [-0.2, 0) is 4.79 Å². The zero-order valence-electron chi connectivity index (χ0n) is 12.9. The summed E-state index contributed by atoms with van der Waals surface area (Å²) in [4.78, 5) is 24.6. The second-order valence-corrected chi connectivity index (χ2v) is 6.22. The smallest absolute Gasteiger partial charge is 0.265 e. The molecule has 7 heteroatoms. The number of rotatable bonds is 5. The number of carbonyl (C=O) groups is 2. The van der Waals surface area contributed by atoms with E-state index in [9.17, 15) is 9.59 Å². The molecule has 5 nitrogen and oxygen atoms in total. The molecule has 1 atom stereocenters. The normalized spacial score (nSPS) is 11.5. The van der Waals surface area contributed by atoms with Crippen molar-refractivity contribution in [1.82, 2.24) is 0 Å². The Morgan fingerprint density at radius 3 is 2.30 bits per heavy atom. The Morgan fingerprint density at radius 2 is 1.74 bits per heavy atom. The van der Waals surface area contributed by atoms with Gasteiger partial charge in [-0.2, -0.15) is 0 Å². The zero-order valence-corrected chi connectivity index (χ0v) is 14.5. The summed E-state index contributed by atoms with van der Waals surface area (Å²) < 4.78 is 0. The van der Waals surface area contributed by atoms with E-state index in [-0.39, 0.29) is 30.1 Å². The lowest BCUT2D eigenvalue weighted by atomic mass is 10.0. The van der Waals surface area contributed by atoms with Crippen molar-refractivity contribution >= 4 is 46.9 Å². The number of hydrogen-bond donors (Lipinski definition) is 3. The maximum absolute atomic E-state index is 12.0. The second kappa shape index (κ2) is 8.67. The first-order valence-corrected chi connectivity index (χ1v) is 7.86. The van der Waals surface area contributed by atoms with Crippen LogP contribution < -0.4 is 16.4 Å². The van der Waals surface area contributed by atoms with Crippen LogP contribution >= 0.6 is 23.7 Å².